The van der Waals surface area contributed by atoms with Gasteiger partial charge in [0.05, 0.1) is 10.6 Å². The number of rotatable bonds is 3. The lowest BCUT2D eigenvalue weighted by Gasteiger charge is -2.12. The van der Waals surface area contributed by atoms with Gasteiger partial charge >= 0.3 is 0 Å². The molecule has 2 aromatic rings. The fourth-order valence-electron chi connectivity index (χ4n) is 1.46. The first-order valence-corrected chi connectivity index (χ1v) is 6.77. The third-order valence-corrected chi connectivity index (χ3v) is 3.33. The largest absolute Gasteiger partial charge is 0.455 e. The van der Waals surface area contributed by atoms with Crippen LogP contribution in [0.15, 0.2) is 40.9 Å². The van der Waals surface area contributed by atoms with Crippen molar-refractivity contribution in [3.63, 3.8) is 0 Å². The van der Waals surface area contributed by atoms with Crippen molar-refractivity contribution in [1.29, 1.82) is 0 Å². The van der Waals surface area contributed by atoms with Gasteiger partial charge in [-0.05, 0) is 36.4 Å². The first-order valence-electron chi connectivity index (χ1n) is 5.19. The van der Waals surface area contributed by atoms with E-state index < -0.39 is 5.82 Å². The number of benzene rings is 2. The van der Waals surface area contributed by atoms with E-state index in [-0.39, 0.29) is 10.0 Å². The van der Waals surface area contributed by atoms with E-state index in [1.54, 1.807) is 18.2 Å². The highest BCUT2D eigenvalue weighted by molar-refractivity contribution is 9.10. The predicted octanol–water partition coefficient (Wildman–Crippen LogP) is 4.67. The van der Waals surface area contributed by atoms with Crippen LogP contribution in [0.1, 0.15) is 5.56 Å². The molecule has 0 heterocycles. The van der Waals surface area contributed by atoms with E-state index >= 15 is 0 Å². The Hall–Kier alpha value is -1.17. The van der Waals surface area contributed by atoms with Gasteiger partial charge in [-0.25, -0.2) is 4.39 Å². The Morgan fingerprint density at radius 3 is 2.58 bits per heavy atom. The molecule has 0 saturated heterocycles. The lowest BCUT2D eigenvalue weighted by atomic mass is 10.2. The first kappa shape index (κ1) is 14.2. The summed E-state index contributed by atoms with van der Waals surface area (Å²) in [5.74, 6) is 0.357. The van der Waals surface area contributed by atoms with Gasteiger partial charge in [0.15, 0.2) is 0 Å². The molecule has 98 valence electrons. The zero-order valence-electron chi connectivity index (χ0n) is 9.49. The molecule has 0 amide bonds. The summed E-state index contributed by atoms with van der Waals surface area (Å²) < 4.78 is 19.4. The van der Waals surface area contributed by atoms with Crippen LogP contribution in [0.4, 0.5) is 4.39 Å². The fourth-order valence-corrected chi connectivity index (χ4v) is 2.18. The van der Waals surface area contributed by atoms with Gasteiger partial charge < -0.3 is 10.5 Å². The molecule has 6 heteroatoms. The zero-order chi connectivity index (χ0) is 14.0. The van der Waals surface area contributed by atoms with Gasteiger partial charge in [0.1, 0.15) is 22.3 Å². The Morgan fingerprint density at radius 2 is 1.95 bits per heavy atom. The Bertz CT molecular complexity index is 651. The van der Waals surface area contributed by atoms with Crippen molar-refractivity contribution in [3.05, 3.63) is 57.3 Å². The maximum Gasteiger partial charge on any atom is 0.146 e. The van der Waals surface area contributed by atoms with Crippen molar-refractivity contribution >= 4 is 44.7 Å². The number of nitrogens with two attached hydrogens (primary N) is 1. The zero-order valence-corrected chi connectivity index (χ0v) is 12.7. The van der Waals surface area contributed by atoms with Gasteiger partial charge in [-0.2, -0.15) is 0 Å². The summed E-state index contributed by atoms with van der Waals surface area (Å²) >= 11 is 14.2. The van der Waals surface area contributed by atoms with Crippen molar-refractivity contribution in [1.82, 2.24) is 0 Å². The maximum absolute atomic E-state index is 13.0. The summed E-state index contributed by atoms with van der Waals surface area (Å²) in [5.41, 5.74) is 6.21. The van der Waals surface area contributed by atoms with E-state index in [0.29, 0.717) is 17.1 Å². The van der Waals surface area contributed by atoms with Gasteiger partial charge in [0, 0.05) is 4.47 Å². The molecule has 0 aliphatic heterocycles. The number of halogens is 3. The molecular formula is C13H8BrClFNOS. The highest BCUT2D eigenvalue weighted by Gasteiger charge is 2.11. The van der Waals surface area contributed by atoms with E-state index in [4.69, 9.17) is 34.3 Å². The van der Waals surface area contributed by atoms with Gasteiger partial charge in [0.25, 0.3) is 0 Å². The second kappa shape index (κ2) is 5.86. The quantitative estimate of drug-likeness (QED) is 0.808. The molecule has 0 saturated carbocycles. The summed E-state index contributed by atoms with van der Waals surface area (Å²) in [6, 6.07) is 9.14. The highest BCUT2D eigenvalue weighted by atomic mass is 79.9. The lowest BCUT2D eigenvalue weighted by molar-refractivity contribution is 0.479. The second-order valence-electron chi connectivity index (χ2n) is 3.68. The minimum atomic E-state index is -0.429. The number of hydrogen-bond donors (Lipinski definition) is 1. The van der Waals surface area contributed by atoms with Crippen molar-refractivity contribution in [2.24, 2.45) is 5.73 Å². The van der Waals surface area contributed by atoms with Crippen LogP contribution in [0, 0.1) is 5.82 Å². The van der Waals surface area contributed by atoms with E-state index in [1.165, 1.54) is 18.2 Å². The summed E-state index contributed by atoms with van der Waals surface area (Å²) in [6.07, 6.45) is 0. The Morgan fingerprint density at radius 1 is 1.21 bits per heavy atom. The third kappa shape index (κ3) is 3.43. The van der Waals surface area contributed by atoms with Crippen LogP contribution in [0.5, 0.6) is 11.5 Å². The molecule has 0 unspecified atom stereocenters. The molecule has 2 rings (SSSR count). The fraction of sp³-hybridized carbons (Fsp3) is 0. The van der Waals surface area contributed by atoms with Crippen molar-refractivity contribution < 1.29 is 9.13 Å². The summed E-state index contributed by atoms with van der Waals surface area (Å²) in [4.78, 5) is 0.209. The highest BCUT2D eigenvalue weighted by Crippen LogP contribution is 2.33. The molecule has 2 nitrogen and oxygen atoms in total. The molecule has 2 aromatic carbocycles. The molecule has 0 aromatic heterocycles. The molecule has 0 aliphatic carbocycles. The average molecular weight is 361 g/mol. The monoisotopic (exact) mass is 359 g/mol. The number of thiocarbonyl (C=S) groups is 1. The number of ether oxygens (including phenoxy) is 1. The van der Waals surface area contributed by atoms with Crippen molar-refractivity contribution in [3.8, 4) is 11.5 Å². The van der Waals surface area contributed by atoms with Crippen LogP contribution >= 0.6 is 39.7 Å². The van der Waals surface area contributed by atoms with Gasteiger partial charge in [-0.1, -0.05) is 39.7 Å². The predicted molar refractivity (Wildman–Crippen MR) is 81.5 cm³/mol. The Kier molecular flexibility index (Phi) is 4.39. The van der Waals surface area contributed by atoms with Crippen LogP contribution in [-0.4, -0.2) is 4.99 Å². The number of hydrogen-bond acceptors (Lipinski definition) is 2. The van der Waals surface area contributed by atoms with Crippen molar-refractivity contribution in [2.75, 3.05) is 0 Å². The molecule has 19 heavy (non-hydrogen) atoms. The molecule has 2 N–H and O–H groups in total. The molecule has 0 spiro atoms. The topological polar surface area (TPSA) is 35.2 Å². The summed E-state index contributed by atoms with van der Waals surface area (Å²) in [5, 5.41) is 0.175. The Labute approximate surface area is 128 Å². The minimum Gasteiger partial charge on any atom is -0.455 e. The van der Waals surface area contributed by atoms with Gasteiger partial charge in [0.2, 0.25) is 0 Å². The van der Waals surface area contributed by atoms with E-state index in [9.17, 15) is 4.39 Å². The molecule has 0 aliphatic rings. The van der Waals surface area contributed by atoms with Crippen LogP contribution in [0.3, 0.4) is 0 Å². The summed E-state index contributed by atoms with van der Waals surface area (Å²) in [7, 11) is 0. The van der Waals surface area contributed by atoms with E-state index in [0.717, 1.165) is 4.47 Å². The molecule has 0 fully saturated rings. The van der Waals surface area contributed by atoms with Crippen LogP contribution in [0.2, 0.25) is 5.02 Å². The molecular weight excluding hydrogens is 353 g/mol. The van der Waals surface area contributed by atoms with Crippen LogP contribution in [-0.2, 0) is 0 Å². The molecule has 0 atom stereocenters. The lowest BCUT2D eigenvalue weighted by Crippen LogP contribution is -2.10. The minimum absolute atomic E-state index is 0.175. The molecule has 0 radical (unpaired) electrons. The maximum atomic E-state index is 13.0. The Balaban J connectivity index is 2.42. The molecule has 0 bridgehead atoms. The standard InChI is InChI=1S/C13H8BrClFNOS/c14-7-1-3-9(13(17)19)12(5-7)18-11-4-2-8(16)6-10(11)15/h1-6H,(H2,17,19). The first-order chi connectivity index (χ1) is 8.97. The summed E-state index contributed by atoms with van der Waals surface area (Å²) in [6.45, 7) is 0. The van der Waals surface area contributed by atoms with Crippen LogP contribution in [0.25, 0.3) is 0 Å². The van der Waals surface area contributed by atoms with E-state index in [1.807, 2.05) is 0 Å². The SMILES string of the molecule is NC(=S)c1ccc(Br)cc1Oc1ccc(F)cc1Cl. The van der Waals surface area contributed by atoms with E-state index in [2.05, 4.69) is 15.9 Å². The second-order valence-corrected chi connectivity index (χ2v) is 5.44. The van der Waals surface area contributed by atoms with Crippen molar-refractivity contribution in [2.45, 2.75) is 0 Å². The van der Waals surface area contributed by atoms with Gasteiger partial charge in [-0.15, -0.1) is 0 Å². The smallest absolute Gasteiger partial charge is 0.146 e. The van der Waals surface area contributed by atoms with Crippen LogP contribution < -0.4 is 10.5 Å². The third-order valence-electron chi connectivity index (χ3n) is 2.32. The van der Waals surface area contributed by atoms with Gasteiger partial charge in [-0.3, -0.25) is 0 Å². The average Bonchev–Trinajstić information content (AvgIpc) is 2.32. The normalized spacial score (nSPS) is 10.3.